The molecule has 1 amide bonds. The monoisotopic (exact) mass is 272 g/mol. The summed E-state index contributed by atoms with van der Waals surface area (Å²) in [5.41, 5.74) is 0. The fourth-order valence-electron chi connectivity index (χ4n) is 2.20. The van der Waals surface area contributed by atoms with Gasteiger partial charge >= 0.3 is 0 Å². The molecule has 112 valence electrons. The van der Waals surface area contributed by atoms with E-state index in [2.05, 4.69) is 10.6 Å². The van der Waals surface area contributed by atoms with E-state index >= 15 is 0 Å². The molecule has 1 rings (SSSR count). The van der Waals surface area contributed by atoms with Crippen molar-refractivity contribution in [3.8, 4) is 0 Å². The van der Waals surface area contributed by atoms with Crippen LogP contribution in [-0.4, -0.2) is 51.5 Å². The van der Waals surface area contributed by atoms with Gasteiger partial charge in [0.05, 0.1) is 0 Å². The van der Waals surface area contributed by atoms with Crippen LogP contribution < -0.4 is 10.6 Å². The summed E-state index contributed by atoms with van der Waals surface area (Å²) in [6.45, 7) is 4.87. The molecule has 1 saturated heterocycles. The van der Waals surface area contributed by atoms with Crippen molar-refractivity contribution in [2.24, 2.45) is 0 Å². The topological polar surface area (TPSA) is 59.6 Å². The third-order valence-electron chi connectivity index (χ3n) is 3.44. The van der Waals surface area contributed by atoms with Crippen molar-refractivity contribution in [1.82, 2.24) is 10.6 Å². The normalized spacial score (nSPS) is 21.1. The van der Waals surface area contributed by atoms with E-state index in [4.69, 9.17) is 9.47 Å². The van der Waals surface area contributed by atoms with Gasteiger partial charge in [-0.05, 0) is 39.2 Å². The van der Waals surface area contributed by atoms with Crippen LogP contribution in [0, 0.1) is 0 Å². The Morgan fingerprint density at radius 3 is 2.95 bits per heavy atom. The van der Waals surface area contributed by atoms with Crippen molar-refractivity contribution < 1.29 is 14.3 Å². The van der Waals surface area contributed by atoms with Gasteiger partial charge < -0.3 is 20.1 Å². The summed E-state index contributed by atoms with van der Waals surface area (Å²) < 4.78 is 10.5. The molecule has 19 heavy (non-hydrogen) atoms. The average molecular weight is 272 g/mol. The predicted molar refractivity (Wildman–Crippen MR) is 75.2 cm³/mol. The van der Waals surface area contributed by atoms with Crippen molar-refractivity contribution in [3.05, 3.63) is 0 Å². The highest BCUT2D eigenvalue weighted by atomic mass is 16.5. The van der Waals surface area contributed by atoms with Gasteiger partial charge in [0.2, 0.25) is 5.91 Å². The van der Waals surface area contributed by atoms with Crippen LogP contribution in [0.15, 0.2) is 0 Å². The minimum absolute atomic E-state index is 0.0345. The van der Waals surface area contributed by atoms with E-state index in [-0.39, 0.29) is 12.0 Å². The molecular formula is C14H28N2O3. The molecule has 0 aromatic carbocycles. The van der Waals surface area contributed by atoms with E-state index in [0.29, 0.717) is 25.8 Å². The lowest BCUT2D eigenvalue weighted by Crippen LogP contribution is -2.38. The van der Waals surface area contributed by atoms with E-state index in [0.717, 1.165) is 19.4 Å². The number of hydrogen-bond acceptors (Lipinski definition) is 4. The smallest absolute Gasteiger partial charge is 0.248 e. The zero-order valence-electron chi connectivity index (χ0n) is 12.2. The van der Waals surface area contributed by atoms with Crippen LogP contribution >= 0.6 is 0 Å². The highest BCUT2D eigenvalue weighted by Gasteiger charge is 2.15. The van der Waals surface area contributed by atoms with Crippen LogP contribution in [0.1, 0.15) is 39.0 Å². The average Bonchev–Trinajstić information content (AvgIpc) is 2.44. The van der Waals surface area contributed by atoms with Gasteiger partial charge in [-0.15, -0.1) is 0 Å². The Balaban J connectivity index is 2.02. The molecule has 2 atom stereocenters. The zero-order valence-corrected chi connectivity index (χ0v) is 12.2. The SMILES string of the molecule is COCCCNC(=O)C(C)OCCC1CCCCN1. The quantitative estimate of drug-likeness (QED) is 0.617. The summed E-state index contributed by atoms with van der Waals surface area (Å²) in [7, 11) is 1.66. The minimum atomic E-state index is -0.369. The molecular weight excluding hydrogens is 244 g/mol. The third-order valence-corrected chi connectivity index (χ3v) is 3.44. The fourth-order valence-corrected chi connectivity index (χ4v) is 2.20. The number of methoxy groups -OCH3 is 1. The summed E-state index contributed by atoms with van der Waals surface area (Å²) in [6, 6.07) is 0.561. The number of nitrogens with one attached hydrogen (secondary N) is 2. The molecule has 0 aliphatic carbocycles. The molecule has 2 unspecified atom stereocenters. The lowest BCUT2D eigenvalue weighted by atomic mass is 10.0. The Morgan fingerprint density at radius 2 is 2.26 bits per heavy atom. The van der Waals surface area contributed by atoms with Crippen LogP contribution in [0.5, 0.6) is 0 Å². The summed E-state index contributed by atoms with van der Waals surface area (Å²) in [5, 5.41) is 6.32. The molecule has 1 heterocycles. The molecule has 5 nitrogen and oxygen atoms in total. The third kappa shape index (κ3) is 7.50. The van der Waals surface area contributed by atoms with Gasteiger partial charge in [-0.3, -0.25) is 4.79 Å². The summed E-state index contributed by atoms with van der Waals surface area (Å²) >= 11 is 0. The highest BCUT2D eigenvalue weighted by molar-refractivity contribution is 5.80. The van der Waals surface area contributed by atoms with E-state index in [1.807, 2.05) is 0 Å². The van der Waals surface area contributed by atoms with Crippen LogP contribution in [0.4, 0.5) is 0 Å². The number of carbonyl (C=O) groups excluding carboxylic acids is 1. The fraction of sp³-hybridized carbons (Fsp3) is 0.929. The van der Waals surface area contributed by atoms with E-state index in [1.54, 1.807) is 14.0 Å². The second-order valence-electron chi connectivity index (χ2n) is 5.09. The molecule has 0 saturated carbocycles. The molecule has 0 radical (unpaired) electrons. The van der Waals surface area contributed by atoms with Crippen LogP contribution in [0.25, 0.3) is 0 Å². The minimum Gasteiger partial charge on any atom is -0.385 e. The van der Waals surface area contributed by atoms with Crippen molar-refractivity contribution in [2.45, 2.75) is 51.2 Å². The summed E-state index contributed by atoms with van der Waals surface area (Å²) in [6.07, 6.45) is 5.25. The van der Waals surface area contributed by atoms with E-state index in [1.165, 1.54) is 19.3 Å². The lowest BCUT2D eigenvalue weighted by Gasteiger charge is -2.23. The molecule has 0 aromatic rings. The van der Waals surface area contributed by atoms with Crippen LogP contribution in [-0.2, 0) is 14.3 Å². The molecule has 2 N–H and O–H groups in total. The van der Waals surface area contributed by atoms with Crippen molar-refractivity contribution in [3.63, 3.8) is 0 Å². The number of ether oxygens (including phenoxy) is 2. The molecule has 1 aliphatic rings. The Hall–Kier alpha value is -0.650. The maximum atomic E-state index is 11.7. The van der Waals surface area contributed by atoms with Crippen LogP contribution in [0.3, 0.4) is 0 Å². The maximum absolute atomic E-state index is 11.7. The maximum Gasteiger partial charge on any atom is 0.248 e. The molecule has 1 aliphatic heterocycles. The summed E-state index contributed by atoms with van der Waals surface area (Å²) in [5.74, 6) is -0.0345. The van der Waals surface area contributed by atoms with Gasteiger partial charge in [0.25, 0.3) is 0 Å². The van der Waals surface area contributed by atoms with Gasteiger partial charge in [0, 0.05) is 32.9 Å². The number of rotatable bonds is 9. The first-order chi connectivity index (χ1) is 9.24. The standard InChI is InChI=1S/C14H28N2O3/c1-12(14(17)16-9-5-10-18-2)19-11-7-13-6-3-4-8-15-13/h12-13,15H,3-11H2,1-2H3,(H,16,17). The largest absolute Gasteiger partial charge is 0.385 e. The molecule has 0 spiro atoms. The Labute approximate surface area is 116 Å². The second-order valence-corrected chi connectivity index (χ2v) is 5.09. The number of hydrogen-bond donors (Lipinski definition) is 2. The molecule has 1 fully saturated rings. The number of piperidine rings is 1. The second kappa shape index (κ2) is 10.2. The first-order valence-electron chi connectivity index (χ1n) is 7.35. The lowest BCUT2D eigenvalue weighted by molar-refractivity contribution is -0.131. The Kier molecular flexibility index (Phi) is 8.79. The first kappa shape index (κ1) is 16.4. The number of carbonyl (C=O) groups is 1. The number of amides is 1. The van der Waals surface area contributed by atoms with Gasteiger partial charge in [0.1, 0.15) is 6.10 Å². The molecule has 0 bridgehead atoms. The van der Waals surface area contributed by atoms with Crippen LogP contribution in [0.2, 0.25) is 0 Å². The Morgan fingerprint density at radius 1 is 1.42 bits per heavy atom. The van der Waals surface area contributed by atoms with Gasteiger partial charge in [-0.1, -0.05) is 6.42 Å². The summed E-state index contributed by atoms with van der Waals surface area (Å²) in [4.78, 5) is 11.7. The van der Waals surface area contributed by atoms with E-state index in [9.17, 15) is 4.79 Å². The van der Waals surface area contributed by atoms with Gasteiger partial charge in [-0.2, -0.15) is 0 Å². The predicted octanol–water partition coefficient (Wildman–Crippen LogP) is 1.08. The Bertz CT molecular complexity index is 243. The first-order valence-corrected chi connectivity index (χ1v) is 7.35. The van der Waals surface area contributed by atoms with Crippen molar-refractivity contribution >= 4 is 5.91 Å². The highest BCUT2D eigenvalue weighted by Crippen LogP contribution is 2.10. The van der Waals surface area contributed by atoms with E-state index < -0.39 is 0 Å². The van der Waals surface area contributed by atoms with Crippen molar-refractivity contribution in [1.29, 1.82) is 0 Å². The molecule has 5 heteroatoms. The van der Waals surface area contributed by atoms with Gasteiger partial charge in [-0.25, -0.2) is 0 Å². The van der Waals surface area contributed by atoms with Gasteiger partial charge in [0.15, 0.2) is 0 Å². The zero-order chi connectivity index (χ0) is 13.9. The van der Waals surface area contributed by atoms with Crippen molar-refractivity contribution in [2.75, 3.05) is 33.4 Å². The molecule has 0 aromatic heterocycles.